The molecular formula is C11H14F3N3O6. The summed E-state index contributed by atoms with van der Waals surface area (Å²) in [6, 6.07) is -2.50. The molecule has 1 rings (SSSR count). The van der Waals surface area contributed by atoms with Gasteiger partial charge in [-0.1, -0.05) is 0 Å². The van der Waals surface area contributed by atoms with Gasteiger partial charge in [0.1, 0.15) is 6.54 Å². The van der Waals surface area contributed by atoms with Crippen LogP contribution in [0.3, 0.4) is 0 Å². The number of carboxylic acids is 1. The lowest BCUT2D eigenvalue weighted by atomic mass is 9.82. The van der Waals surface area contributed by atoms with Gasteiger partial charge in [0.05, 0.1) is 0 Å². The van der Waals surface area contributed by atoms with Crippen molar-refractivity contribution in [1.29, 1.82) is 0 Å². The normalized spacial score (nSPS) is 24.6. The van der Waals surface area contributed by atoms with Gasteiger partial charge < -0.3 is 15.7 Å². The zero-order valence-electron chi connectivity index (χ0n) is 11.6. The van der Waals surface area contributed by atoms with Crippen molar-refractivity contribution in [2.75, 3.05) is 6.54 Å². The van der Waals surface area contributed by atoms with Crippen molar-refractivity contribution in [3.8, 4) is 0 Å². The van der Waals surface area contributed by atoms with Gasteiger partial charge in [-0.05, 0) is 6.42 Å². The van der Waals surface area contributed by atoms with Crippen LogP contribution in [0.1, 0.15) is 19.3 Å². The molecule has 3 N–H and O–H groups in total. The van der Waals surface area contributed by atoms with Crippen molar-refractivity contribution in [1.82, 2.24) is 10.6 Å². The Balaban J connectivity index is 2.76. The zero-order valence-corrected chi connectivity index (χ0v) is 11.6. The van der Waals surface area contributed by atoms with E-state index in [9.17, 15) is 37.7 Å². The van der Waals surface area contributed by atoms with Gasteiger partial charge in [-0.3, -0.25) is 24.5 Å². The Labute approximate surface area is 127 Å². The number of carboxylic acid groups (broad SMARTS) is 1. The number of nitrogens with one attached hydrogen (secondary N) is 2. The summed E-state index contributed by atoms with van der Waals surface area (Å²) in [6.07, 6.45) is -5.95. The van der Waals surface area contributed by atoms with Crippen LogP contribution < -0.4 is 10.6 Å². The Morgan fingerprint density at radius 2 is 1.83 bits per heavy atom. The smallest absolute Gasteiger partial charge is 0.471 e. The second-order valence-corrected chi connectivity index (χ2v) is 5.12. The number of rotatable bonds is 5. The predicted octanol–water partition coefficient (Wildman–Crippen LogP) is -0.320. The molecule has 0 saturated heterocycles. The summed E-state index contributed by atoms with van der Waals surface area (Å²) in [5, 5.41) is 23.0. The first-order chi connectivity index (χ1) is 10.5. The highest BCUT2D eigenvalue weighted by molar-refractivity contribution is 5.84. The number of carbonyl (C=O) groups is 3. The quantitative estimate of drug-likeness (QED) is 0.463. The molecule has 0 aromatic carbocycles. The largest absolute Gasteiger partial charge is 0.480 e. The summed E-state index contributed by atoms with van der Waals surface area (Å²) in [6.45, 7) is -0.710. The second-order valence-electron chi connectivity index (χ2n) is 5.12. The van der Waals surface area contributed by atoms with Gasteiger partial charge in [-0.15, -0.1) is 0 Å². The van der Waals surface area contributed by atoms with Gasteiger partial charge in [-0.25, -0.2) is 0 Å². The maximum Gasteiger partial charge on any atom is 0.471 e. The summed E-state index contributed by atoms with van der Waals surface area (Å²) in [4.78, 5) is 43.2. The van der Waals surface area contributed by atoms with Crippen molar-refractivity contribution in [2.24, 2.45) is 5.92 Å². The van der Waals surface area contributed by atoms with E-state index in [0.29, 0.717) is 0 Å². The number of hydrogen-bond donors (Lipinski definition) is 3. The molecule has 0 aromatic rings. The molecule has 0 aromatic heterocycles. The lowest BCUT2D eigenvalue weighted by molar-refractivity contribution is -0.528. The molecular weight excluding hydrogens is 327 g/mol. The monoisotopic (exact) mass is 341 g/mol. The van der Waals surface area contributed by atoms with Crippen molar-refractivity contribution < 1.29 is 37.6 Å². The third-order valence-electron chi connectivity index (χ3n) is 3.36. The summed E-state index contributed by atoms with van der Waals surface area (Å²) in [7, 11) is 0. The number of nitro groups is 1. The summed E-state index contributed by atoms with van der Waals surface area (Å²) < 4.78 is 36.7. The standard InChI is InChI=1S/C11H14F3N3O6/c12-11(13,14)10(21)16-6-1-5(2-7(3-6)17(22)23)9(20)15-4-8(18)19/h5-7H,1-4H2,(H,15,20)(H,16,21)(H,18,19). The van der Waals surface area contributed by atoms with E-state index in [1.165, 1.54) is 0 Å². The van der Waals surface area contributed by atoms with E-state index in [0.717, 1.165) is 0 Å². The minimum absolute atomic E-state index is 0.238. The number of nitrogens with zero attached hydrogens (tertiary/aromatic N) is 1. The Morgan fingerprint density at radius 1 is 1.22 bits per heavy atom. The molecule has 0 heterocycles. The minimum atomic E-state index is -5.14. The van der Waals surface area contributed by atoms with Crippen LogP contribution in [0.2, 0.25) is 0 Å². The van der Waals surface area contributed by atoms with Crippen LogP contribution in [-0.2, 0) is 14.4 Å². The van der Waals surface area contributed by atoms with E-state index in [2.05, 4.69) is 0 Å². The molecule has 1 saturated carbocycles. The average Bonchev–Trinajstić information content (AvgIpc) is 2.43. The summed E-state index contributed by atoms with van der Waals surface area (Å²) in [5.74, 6) is -5.44. The molecule has 0 spiro atoms. The molecule has 1 fully saturated rings. The van der Waals surface area contributed by atoms with Gasteiger partial charge >= 0.3 is 18.1 Å². The SMILES string of the molecule is O=C(O)CNC(=O)C1CC(NC(=O)C(F)(F)F)CC([N+](=O)[O-])C1. The Hall–Kier alpha value is -2.40. The van der Waals surface area contributed by atoms with E-state index < -0.39 is 53.4 Å². The first-order valence-electron chi connectivity index (χ1n) is 6.51. The molecule has 0 aliphatic heterocycles. The zero-order chi connectivity index (χ0) is 17.8. The highest BCUT2D eigenvalue weighted by Crippen LogP contribution is 2.27. The second kappa shape index (κ2) is 7.24. The third-order valence-corrected chi connectivity index (χ3v) is 3.36. The molecule has 12 heteroatoms. The molecule has 1 aliphatic carbocycles. The van der Waals surface area contributed by atoms with Gasteiger partial charge in [0.15, 0.2) is 0 Å². The highest BCUT2D eigenvalue weighted by Gasteiger charge is 2.44. The van der Waals surface area contributed by atoms with Gasteiger partial charge in [0, 0.05) is 29.7 Å². The Morgan fingerprint density at radius 3 is 2.30 bits per heavy atom. The fraction of sp³-hybridized carbons (Fsp3) is 0.727. The van der Waals surface area contributed by atoms with Crippen molar-refractivity contribution >= 4 is 17.8 Å². The van der Waals surface area contributed by atoms with Crippen LogP contribution in [0.5, 0.6) is 0 Å². The highest BCUT2D eigenvalue weighted by atomic mass is 19.4. The first kappa shape index (κ1) is 18.6. The molecule has 1 aliphatic rings. The third kappa shape index (κ3) is 5.71. The average molecular weight is 341 g/mol. The van der Waals surface area contributed by atoms with Crippen LogP contribution in [0.15, 0.2) is 0 Å². The van der Waals surface area contributed by atoms with Gasteiger partial charge in [0.2, 0.25) is 11.9 Å². The number of amides is 2. The van der Waals surface area contributed by atoms with Crippen LogP contribution >= 0.6 is 0 Å². The Kier molecular flexibility index (Phi) is 5.87. The van der Waals surface area contributed by atoms with Crippen LogP contribution in [0, 0.1) is 16.0 Å². The number of hydrogen-bond acceptors (Lipinski definition) is 5. The first-order valence-corrected chi connectivity index (χ1v) is 6.51. The van der Waals surface area contributed by atoms with Crippen LogP contribution in [0.25, 0.3) is 0 Å². The molecule has 0 bridgehead atoms. The van der Waals surface area contributed by atoms with E-state index in [1.807, 2.05) is 5.32 Å². The fourth-order valence-electron chi connectivity index (χ4n) is 2.37. The molecule has 3 atom stereocenters. The van der Waals surface area contributed by atoms with Gasteiger partial charge in [0.25, 0.3) is 0 Å². The summed E-state index contributed by atoms with van der Waals surface area (Å²) >= 11 is 0. The van der Waals surface area contributed by atoms with Crippen LogP contribution in [0.4, 0.5) is 13.2 Å². The number of alkyl halides is 3. The van der Waals surface area contributed by atoms with E-state index >= 15 is 0 Å². The lowest BCUT2D eigenvalue weighted by Gasteiger charge is -2.30. The number of carbonyl (C=O) groups excluding carboxylic acids is 2. The number of aliphatic carboxylic acids is 1. The molecule has 0 radical (unpaired) electrons. The topological polar surface area (TPSA) is 139 Å². The molecule has 2 amide bonds. The molecule has 9 nitrogen and oxygen atoms in total. The predicted molar refractivity (Wildman–Crippen MR) is 66.8 cm³/mol. The molecule has 23 heavy (non-hydrogen) atoms. The van der Waals surface area contributed by atoms with E-state index in [4.69, 9.17) is 5.11 Å². The maximum absolute atomic E-state index is 12.2. The maximum atomic E-state index is 12.2. The van der Waals surface area contributed by atoms with Crippen molar-refractivity contribution in [2.45, 2.75) is 37.5 Å². The molecule has 3 unspecified atom stereocenters. The fourth-order valence-corrected chi connectivity index (χ4v) is 2.37. The Bertz CT molecular complexity index is 510. The van der Waals surface area contributed by atoms with Gasteiger partial charge in [-0.2, -0.15) is 13.2 Å². The van der Waals surface area contributed by atoms with E-state index in [1.54, 1.807) is 5.32 Å². The minimum Gasteiger partial charge on any atom is -0.480 e. The molecule has 130 valence electrons. The lowest BCUT2D eigenvalue weighted by Crippen LogP contribution is -2.51. The number of halogens is 3. The van der Waals surface area contributed by atoms with E-state index in [-0.39, 0.29) is 19.3 Å². The van der Waals surface area contributed by atoms with Crippen LogP contribution in [-0.4, -0.2) is 52.6 Å². The van der Waals surface area contributed by atoms with Crippen molar-refractivity contribution in [3.05, 3.63) is 10.1 Å². The van der Waals surface area contributed by atoms with Crippen molar-refractivity contribution in [3.63, 3.8) is 0 Å². The summed E-state index contributed by atoms with van der Waals surface area (Å²) in [5.41, 5.74) is 0.